The van der Waals surface area contributed by atoms with E-state index >= 15 is 0 Å². The second kappa shape index (κ2) is 5.02. The fourth-order valence-electron chi connectivity index (χ4n) is 2.00. The molecule has 92 valence electrons. The van der Waals surface area contributed by atoms with Gasteiger partial charge in [-0.3, -0.25) is 4.79 Å². The number of halogens is 2. The van der Waals surface area contributed by atoms with Crippen molar-refractivity contribution in [3.63, 3.8) is 0 Å². The molecule has 5 heteroatoms. The number of hydrogen-bond donors (Lipinski definition) is 1. The van der Waals surface area contributed by atoms with E-state index in [4.69, 9.17) is 16.7 Å². The molecule has 1 aliphatic rings. The minimum Gasteiger partial charge on any atom is -0.396 e. The van der Waals surface area contributed by atoms with Gasteiger partial charge in [0.15, 0.2) is 0 Å². The van der Waals surface area contributed by atoms with Crippen LogP contribution in [0, 0.1) is 11.7 Å². The second-order valence-electron chi connectivity index (χ2n) is 4.23. The number of carbonyl (C=O) groups excluding carboxylic acids is 1. The lowest BCUT2D eigenvalue weighted by Gasteiger charge is -2.17. The number of carbonyl (C=O) groups is 1. The lowest BCUT2D eigenvalue weighted by atomic mass is 10.1. The van der Waals surface area contributed by atoms with Crippen molar-refractivity contribution in [3.8, 4) is 0 Å². The molecule has 0 bridgehead atoms. The molecule has 1 heterocycles. The first-order valence-corrected chi connectivity index (χ1v) is 5.81. The van der Waals surface area contributed by atoms with Crippen LogP contribution in [0.2, 0.25) is 5.02 Å². The number of benzene rings is 1. The molecule has 17 heavy (non-hydrogen) atoms. The van der Waals surface area contributed by atoms with Crippen LogP contribution in [-0.2, 0) is 11.3 Å². The fourth-order valence-corrected chi connectivity index (χ4v) is 2.23. The number of likely N-dealkylation sites (tertiary alicyclic amines) is 1. The van der Waals surface area contributed by atoms with Crippen molar-refractivity contribution in [2.45, 2.75) is 13.0 Å². The third-order valence-corrected chi connectivity index (χ3v) is 3.32. The van der Waals surface area contributed by atoms with E-state index in [0.717, 1.165) is 0 Å². The van der Waals surface area contributed by atoms with E-state index in [1.165, 1.54) is 17.0 Å². The zero-order chi connectivity index (χ0) is 12.4. The smallest absolute Gasteiger partial charge is 0.223 e. The topological polar surface area (TPSA) is 40.5 Å². The Balaban J connectivity index is 2.14. The first kappa shape index (κ1) is 12.3. The van der Waals surface area contributed by atoms with Crippen LogP contribution in [0.25, 0.3) is 0 Å². The van der Waals surface area contributed by atoms with Crippen LogP contribution in [0.15, 0.2) is 18.2 Å². The number of amides is 1. The molecule has 2 rings (SSSR count). The molecular formula is C12H13ClFNO2. The standard InChI is InChI=1S/C12H13ClFNO2/c13-10-2-1-3-11(14)9(10)6-15-5-8(7-16)4-12(15)17/h1-3,8,16H,4-7H2. The van der Waals surface area contributed by atoms with E-state index in [2.05, 4.69) is 0 Å². The van der Waals surface area contributed by atoms with Crippen LogP contribution >= 0.6 is 11.6 Å². The van der Waals surface area contributed by atoms with E-state index in [-0.39, 0.29) is 25.0 Å². The Kier molecular flexibility index (Phi) is 3.64. The monoisotopic (exact) mass is 257 g/mol. The first-order chi connectivity index (χ1) is 8.11. The van der Waals surface area contributed by atoms with E-state index in [1.807, 2.05) is 0 Å². The van der Waals surface area contributed by atoms with Gasteiger partial charge in [0.2, 0.25) is 5.91 Å². The molecule has 1 unspecified atom stereocenters. The summed E-state index contributed by atoms with van der Waals surface area (Å²) in [4.78, 5) is 13.2. The van der Waals surface area contributed by atoms with Crippen molar-refractivity contribution >= 4 is 17.5 Å². The van der Waals surface area contributed by atoms with Crippen molar-refractivity contribution in [1.29, 1.82) is 0 Å². The average Bonchev–Trinajstić information content (AvgIpc) is 2.65. The largest absolute Gasteiger partial charge is 0.396 e. The van der Waals surface area contributed by atoms with Gasteiger partial charge in [0.25, 0.3) is 0 Å². The molecule has 0 spiro atoms. The maximum Gasteiger partial charge on any atom is 0.223 e. The third-order valence-electron chi connectivity index (χ3n) is 2.96. The second-order valence-corrected chi connectivity index (χ2v) is 4.63. The molecule has 0 radical (unpaired) electrons. The highest BCUT2D eigenvalue weighted by Gasteiger charge is 2.29. The summed E-state index contributed by atoms with van der Waals surface area (Å²) < 4.78 is 13.5. The van der Waals surface area contributed by atoms with Gasteiger partial charge in [0.1, 0.15) is 5.82 Å². The van der Waals surface area contributed by atoms with Crippen LogP contribution in [0.5, 0.6) is 0 Å². The molecule has 0 aromatic heterocycles. The van der Waals surface area contributed by atoms with E-state index < -0.39 is 5.82 Å². The van der Waals surface area contributed by atoms with Crippen LogP contribution < -0.4 is 0 Å². The van der Waals surface area contributed by atoms with Crippen molar-refractivity contribution in [3.05, 3.63) is 34.6 Å². The van der Waals surface area contributed by atoms with E-state index in [1.54, 1.807) is 6.07 Å². The van der Waals surface area contributed by atoms with Crippen LogP contribution in [0.1, 0.15) is 12.0 Å². The normalized spacial score (nSPS) is 20.1. The average molecular weight is 258 g/mol. The lowest BCUT2D eigenvalue weighted by Crippen LogP contribution is -2.25. The Labute approximate surface area is 104 Å². The molecular weight excluding hydrogens is 245 g/mol. The lowest BCUT2D eigenvalue weighted by molar-refractivity contribution is -0.128. The molecule has 1 amide bonds. The van der Waals surface area contributed by atoms with Crippen molar-refractivity contribution in [2.75, 3.05) is 13.2 Å². The summed E-state index contributed by atoms with van der Waals surface area (Å²) in [6, 6.07) is 4.46. The fraction of sp³-hybridized carbons (Fsp3) is 0.417. The van der Waals surface area contributed by atoms with Gasteiger partial charge in [-0.1, -0.05) is 17.7 Å². The third kappa shape index (κ3) is 2.58. The highest BCUT2D eigenvalue weighted by atomic mass is 35.5. The highest BCUT2D eigenvalue weighted by molar-refractivity contribution is 6.31. The Bertz CT molecular complexity index is 418. The number of aliphatic hydroxyl groups is 1. The van der Waals surface area contributed by atoms with Gasteiger partial charge in [0, 0.05) is 42.6 Å². The minimum absolute atomic E-state index is 0.0206. The summed E-state index contributed by atoms with van der Waals surface area (Å²) in [5.74, 6) is -0.519. The molecule has 1 N–H and O–H groups in total. The maximum absolute atomic E-state index is 13.5. The van der Waals surface area contributed by atoms with Crippen LogP contribution in [0.3, 0.4) is 0 Å². The Morgan fingerprint density at radius 2 is 2.29 bits per heavy atom. The summed E-state index contributed by atoms with van der Waals surface area (Å²) in [7, 11) is 0. The zero-order valence-electron chi connectivity index (χ0n) is 9.20. The Morgan fingerprint density at radius 1 is 1.53 bits per heavy atom. The van der Waals surface area contributed by atoms with E-state index in [0.29, 0.717) is 23.6 Å². The van der Waals surface area contributed by atoms with Gasteiger partial charge < -0.3 is 10.0 Å². The number of aliphatic hydroxyl groups excluding tert-OH is 1. The Morgan fingerprint density at radius 3 is 2.88 bits per heavy atom. The van der Waals surface area contributed by atoms with Crippen LogP contribution in [-0.4, -0.2) is 29.1 Å². The molecule has 1 atom stereocenters. The van der Waals surface area contributed by atoms with Gasteiger partial charge in [-0.2, -0.15) is 0 Å². The van der Waals surface area contributed by atoms with Gasteiger partial charge in [-0.15, -0.1) is 0 Å². The molecule has 1 fully saturated rings. The number of hydrogen-bond acceptors (Lipinski definition) is 2. The van der Waals surface area contributed by atoms with Crippen molar-refractivity contribution < 1.29 is 14.3 Å². The summed E-state index contributed by atoms with van der Waals surface area (Å²) in [5.41, 5.74) is 0.334. The molecule has 1 aromatic carbocycles. The summed E-state index contributed by atoms with van der Waals surface area (Å²) in [5, 5.41) is 9.32. The summed E-state index contributed by atoms with van der Waals surface area (Å²) >= 11 is 5.90. The minimum atomic E-state index is -0.405. The predicted molar refractivity (Wildman–Crippen MR) is 62.0 cm³/mol. The van der Waals surface area contributed by atoms with Crippen LogP contribution in [0.4, 0.5) is 4.39 Å². The summed E-state index contributed by atoms with van der Waals surface area (Å²) in [6.45, 7) is 0.605. The Hall–Kier alpha value is -1.13. The molecule has 3 nitrogen and oxygen atoms in total. The number of nitrogens with zero attached hydrogens (tertiary/aromatic N) is 1. The SMILES string of the molecule is O=C1CC(CO)CN1Cc1c(F)cccc1Cl. The predicted octanol–water partition coefficient (Wildman–Crippen LogP) is 1.82. The molecule has 0 saturated carbocycles. The van der Waals surface area contributed by atoms with Gasteiger partial charge >= 0.3 is 0 Å². The molecule has 1 aromatic rings. The maximum atomic E-state index is 13.5. The summed E-state index contributed by atoms with van der Waals surface area (Å²) in [6.07, 6.45) is 0.322. The van der Waals surface area contributed by atoms with Crippen molar-refractivity contribution in [1.82, 2.24) is 4.90 Å². The molecule has 1 saturated heterocycles. The number of rotatable bonds is 3. The quantitative estimate of drug-likeness (QED) is 0.897. The van der Waals surface area contributed by atoms with E-state index in [9.17, 15) is 9.18 Å². The highest BCUT2D eigenvalue weighted by Crippen LogP contribution is 2.25. The van der Waals surface area contributed by atoms with Crippen molar-refractivity contribution in [2.24, 2.45) is 5.92 Å². The molecule has 1 aliphatic heterocycles. The first-order valence-electron chi connectivity index (χ1n) is 5.43. The van der Waals surface area contributed by atoms with Gasteiger partial charge in [-0.05, 0) is 12.1 Å². The zero-order valence-corrected chi connectivity index (χ0v) is 9.95. The molecule has 0 aliphatic carbocycles. The van der Waals surface area contributed by atoms with Gasteiger partial charge in [0.05, 0.1) is 0 Å². The van der Waals surface area contributed by atoms with Gasteiger partial charge in [-0.25, -0.2) is 4.39 Å².